The van der Waals surface area contributed by atoms with Crippen molar-refractivity contribution in [3.63, 3.8) is 0 Å². The monoisotopic (exact) mass is 377 g/mol. The fraction of sp³-hybridized carbons (Fsp3) is 0.250. The number of nitrogens with zero attached hydrogens (tertiary/aromatic N) is 1. The Kier molecular flexibility index (Phi) is 4.48. The highest BCUT2D eigenvalue weighted by molar-refractivity contribution is 9.10. The van der Waals surface area contributed by atoms with Crippen LogP contribution in [0.5, 0.6) is 0 Å². The van der Waals surface area contributed by atoms with Crippen molar-refractivity contribution in [1.82, 2.24) is 0 Å². The number of hydrogen-bond donors (Lipinski definition) is 0. The average molecular weight is 378 g/mol. The molecule has 2 nitrogen and oxygen atoms in total. The summed E-state index contributed by atoms with van der Waals surface area (Å²) in [6.45, 7) is 0. The van der Waals surface area contributed by atoms with Gasteiger partial charge in [-0.15, -0.1) is 11.3 Å². The zero-order valence-corrected chi connectivity index (χ0v) is 14.4. The fourth-order valence-electron chi connectivity index (χ4n) is 2.35. The third kappa shape index (κ3) is 3.08. The van der Waals surface area contributed by atoms with E-state index in [2.05, 4.69) is 22.0 Å². The maximum absolute atomic E-state index is 12.6. The summed E-state index contributed by atoms with van der Waals surface area (Å²) in [7, 11) is 0. The van der Waals surface area contributed by atoms with Crippen molar-refractivity contribution >= 4 is 44.8 Å². The van der Waals surface area contributed by atoms with Crippen molar-refractivity contribution < 1.29 is 4.79 Å². The predicted molar refractivity (Wildman–Crippen MR) is 91.0 cm³/mol. The Hall–Kier alpha value is -1.09. The summed E-state index contributed by atoms with van der Waals surface area (Å²) in [5, 5.41) is 9.40. The van der Waals surface area contributed by atoms with Crippen LogP contribution in [0.4, 0.5) is 0 Å². The Morgan fingerprint density at radius 3 is 2.76 bits per heavy atom. The van der Waals surface area contributed by atoms with E-state index >= 15 is 0 Å². The number of carbonyl (C=O) groups is 1. The number of rotatable bonds is 3. The second-order valence-electron chi connectivity index (χ2n) is 4.84. The van der Waals surface area contributed by atoms with Gasteiger partial charge in [-0.3, -0.25) is 4.79 Å². The normalized spacial score (nSPS) is 15.0. The lowest BCUT2D eigenvalue weighted by Gasteiger charge is -2.08. The van der Waals surface area contributed by atoms with Crippen LogP contribution in [-0.2, 0) is 12.2 Å². The average Bonchev–Trinajstić information content (AvgIpc) is 2.93. The van der Waals surface area contributed by atoms with Crippen LogP contribution >= 0.6 is 39.0 Å². The van der Waals surface area contributed by atoms with Crippen LogP contribution in [0, 0.1) is 11.3 Å². The zero-order valence-electron chi connectivity index (χ0n) is 11.1. The van der Waals surface area contributed by atoms with Crippen LogP contribution in [-0.4, -0.2) is 11.5 Å². The maximum atomic E-state index is 12.6. The van der Waals surface area contributed by atoms with E-state index in [1.54, 1.807) is 11.3 Å². The van der Waals surface area contributed by atoms with Gasteiger partial charge in [-0.2, -0.15) is 17.0 Å². The van der Waals surface area contributed by atoms with Gasteiger partial charge in [0.1, 0.15) is 5.92 Å². The number of carbonyl (C=O) groups excluding carboxylic acids is 1. The molecule has 0 saturated heterocycles. The predicted octanol–water partition coefficient (Wildman–Crippen LogP) is 4.79. The summed E-state index contributed by atoms with van der Waals surface area (Å²) in [5.74, 6) is 1.31. The zero-order chi connectivity index (χ0) is 14.8. The molecule has 2 heterocycles. The molecular weight excluding hydrogens is 366 g/mol. The van der Waals surface area contributed by atoms with E-state index in [-0.39, 0.29) is 5.78 Å². The molecule has 2 aromatic rings. The van der Waals surface area contributed by atoms with E-state index in [0.29, 0.717) is 0 Å². The second-order valence-corrected chi connectivity index (χ2v) is 8.00. The van der Waals surface area contributed by atoms with E-state index in [1.807, 2.05) is 42.1 Å². The van der Waals surface area contributed by atoms with E-state index in [0.717, 1.165) is 32.8 Å². The molecule has 0 bridgehead atoms. The number of nitriles is 1. The molecule has 3 rings (SSSR count). The van der Waals surface area contributed by atoms with Crippen molar-refractivity contribution in [2.45, 2.75) is 18.1 Å². The Morgan fingerprint density at radius 1 is 1.33 bits per heavy atom. The van der Waals surface area contributed by atoms with Crippen molar-refractivity contribution in [2.24, 2.45) is 0 Å². The number of benzene rings is 1. The van der Waals surface area contributed by atoms with Gasteiger partial charge in [0.25, 0.3) is 0 Å². The Bertz CT molecular complexity index is 691. The molecule has 1 aliphatic heterocycles. The Balaban J connectivity index is 1.90. The largest absolute Gasteiger partial charge is 0.291 e. The molecule has 0 spiro atoms. The minimum Gasteiger partial charge on any atom is -0.291 e. The SMILES string of the molecule is N#CC(C(=O)c1cc2c(s1)CCSC2)c1ccc(Br)cc1. The molecule has 0 amide bonds. The van der Waals surface area contributed by atoms with Crippen LogP contribution in [0.1, 0.15) is 31.6 Å². The topological polar surface area (TPSA) is 40.9 Å². The Labute approximate surface area is 140 Å². The molecule has 1 atom stereocenters. The standard InChI is InChI=1S/C16H12BrNOS2/c17-12-3-1-10(2-4-12)13(8-18)16(19)15-7-11-9-20-6-5-14(11)21-15/h1-4,7,13H,5-6,9H2. The summed E-state index contributed by atoms with van der Waals surface area (Å²) >= 11 is 6.83. The van der Waals surface area contributed by atoms with Gasteiger partial charge < -0.3 is 0 Å². The minimum atomic E-state index is -0.717. The van der Waals surface area contributed by atoms with Crippen molar-refractivity contribution in [2.75, 3.05) is 5.75 Å². The lowest BCUT2D eigenvalue weighted by Crippen LogP contribution is -2.09. The maximum Gasteiger partial charge on any atom is 0.194 e. The van der Waals surface area contributed by atoms with Gasteiger partial charge in [0.15, 0.2) is 5.78 Å². The van der Waals surface area contributed by atoms with Crippen molar-refractivity contribution in [1.29, 1.82) is 5.26 Å². The molecule has 0 saturated carbocycles. The number of ketones is 1. The van der Waals surface area contributed by atoms with E-state index < -0.39 is 5.92 Å². The quantitative estimate of drug-likeness (QED) is 0.721. The first-order chi connectivity index (χ1) is 10.2. The molecule has 0 fully saturated rings. The molecule has 0 aliphatic carbocycles. The summed E-state index contributed by atoms with van der Waals surface area (Å²) < 4.78 is 0.944. The third-order valence-corrected chi connectivity index (χ3v) is 6.25. The van der Waals surface area contributed by atoms with Gasteiger partial charge in [-0.05, 0) is 41.5 Å². The number of fused-ring (bicyclic) bond motifs is 1. The van der Waals surface area contributed by atoms with Gasteiger partial charge in [-0.1, -0.05) is 28.1 Å². The molecular formula is C16H12BrNOS2. The van der Waals surface area contributed by atoms with Crippen LogP contribution < -0.4 is 0 Å². The van der Waals surface area contributed by atoms with Gasteiger partial charge in [0.2, 0.25) is 0 Å². The highest BCUT2D eigenvalue weighted by Gasteiger charge is 2.25. The lowest BCUT2D eigenvalue weighted by atomic mass is 9.95. The van der Waals surface area contributed by atoms with Gasteiger partial charge >= 0.3 is 0 Å². The van der Waals surface area contributed by atoms with E-state index in [4.69, 9.17) is 0 Å². The number of aryl methyl sites for hydroxylation is 1. The van der Waals surface area contributed by atoms with Crippen molar-refractivity contribution in [3.8, 4) is 6.07 Å². The number of halogens is 1. The number of Topliss-reactive ketones (excluding diaryl/α,β-unsaturated/α-hetero) is 1. The first-order valence-electron chi connectivity index (χ1n) is 6.57. The molecule has 5 heteroatoms. The highest BCUT2D eigenvalue weighted by Crippen LogP contribution is 2.34. The third-order valence-electron chi connectivity index (χ3n) is 3.47. The van der Waals surface area contributed by atoms with E-state index in [1.165, 1.54) is 10.4 Å². The molecule has 21 heavy (non-hydrogen) atoms. The summed E-state index contributed by atoms with van der Waals surface area (Å²) in [5.41, 5.74) is 2.03. The molecule has 1 aromatic carbocycles. The smallest absolute Gasteiger partial charge is 0.194 e. The number of thioether (sulfide) groups is 1. The van der Waals surface area contributed by atoms with Crippen LogP contribution in [0.25, 0.3) is 0 Å². The molecule has 1 unspecified atom stereocenters. The van der Waals surface area contributed by atoms with Crippen molar-refractivity contribution in [3.05, 3.63) is 55.7 Å². The Morgan fingerprint density at radius 2 is 2.10 bits per heavy atom. The van der Waals surface area contributed by atoms with Gasteiger partial charge in [0.05, 0.1) is 10.9 Å². The number of hydrogen-bond acceptors (Lipinski definition) is 4. The van der Waals surface area contributed by atoms with Crippen LogP contribution in [0.2, 0.25) is 0 Å². The summed E-state index contributed by atoms with van der Waals surface area (Å²) in [6.07, 6.45) is 1.04. The molecule has 1 aromatic heterocycles. The van der Waals surface area contributed by atoms with Crippen LogP contribution in [0.3, 0.4) is 0 Å². The van der Waals surface area contributed by atoms with Crippen LogP contribution in [0.15, 0.2) is 34.8 Å². The highest BCUT2D eigenvalue weighted by atomic mass is 79.9. The molecule has 0 radical (unpaired) electrons. The molecule has 0 N–H and O–H groups in total. The second kappa shape index (κ2) is 6.35. The number of thiophene rings is 1. The molecule has 1 aliphatic rings. The summed E-state index contributed by atoms with van der Waals surface area (Å²) in [4.78, 5) is 14.7. The van der Waals surface area contributed by atoms with E-state index in [9.17, 15) is 10.1 Å². The lowest BCUT2D eigenvalue weighted by molar-refractivity contribution is 0.0982. The minimum absolute atomic E-state index is 0.0794. The first-order valence-corrected chi connectivity index (χ1v) is 9.34. The summed E-state index contributed by atoms with van der Waals surface area (Å²) in [6, 6.07) is 11.5. The first kappa shape index (κ1) is 14.8. The van der Waals surface area contributed by atoms with Gasteiger partial charge in [0, 0.05) is 15.1 Å². The fourth-order valence-corrected chi connectivity index (χ4v) is 4.96. The van der Waals surface area contributed by atoms with Gasteiger partial charge in [-0.25, -0.2) is 0 Å². The molecule has 106 valence electrons.